The average molecular weight is 521 g/mol. The van der Waals surface area contributed by atoms with Gasteiger partial charge in [0.1, 0.15) is 0 Å². The molecular formula is C33H28S3. The zero-order chi connectivity index (χ0) is 24.9. The molecule has 0 fully saturated rings. The highest BCUT2D eigenvalue weighted by Crippen LogP contribution is 2.57. The first kappa shape index (κ1) is 22.5. The molecule has 36 heavy (non-hydrogen) atoms. The third-order valence-corrected chi connectivity index (χ3v) is 11.4. The summed E-state index contributed by atoms with van der Waals surface area (Å²) in [6.07, 6.45) is 0. The average Bonchev–Trinajstić information content (AvgIpc) is 3.61. The summed E-state index contributed by atoms with van der Waals surface area (Å²) in [7, 11) is 0. The summed E-state index contributed by atoms with van der Waals surface area (Å²) in [5.74, 6) is 0. The molecule has 0 aliphatic heterocycles. The zero-order valence-electron chi connectivity index (χ0n) is 21.5. The Morgan fingerprint density at radius 3 is 1.92 bits per heavy atom. The first-order valence-electron chi connectivity index (χ1n) is 12.5. The molecule has 1 aliphatic rings. The molecule has 0 spiro atoms. The minimum atomic E-state index is -0.0434. The summed E-state index contributed by atoms with van der Waals surface area (Å²) < 4.78 is 2.86. The van der Waals surface area contributed by atoms with Crippen LogP contribution in [-0.2, 0) is 5.41 Å². The Balaban J connectivity index is 1.49. The normalized spacial score (nSPS) is 14.1. The number of benzene rings is 3. The minimum Gasteiger partial charge on any atom is -0.141 e. The van der Waals surface area contributed by atoms with Crippen LogP contribution in [0.1, 0.15) is 45.9 Å². The van der Waals surface area contributed by atoms with Crippen molar-refractivity contribution in [1.29, 1.82) is 0 Å². The van der Waals surface area contributed by atoms with Crippen molar-refractivity contribution in [3.05, 3.63) is 92.7 Å². The van der Waals surface area contributed by atoms with Crippen LogP contribution in [0.15, 0.2) is 60.7 Å². The molecule has 0 saturated heterocycles. The molecular weight excluding hydrogens is 493 g/mol. The lowest BCUT2D eigenvalue weighted by Crippen LogP contribution is -2.15. The van der Waals surface area contributed by atoms with Gasteiger partial charge in [0.15, 0.2) is 0 Å². The molecule has 1 aliphatic carbocycles. The number of hydrogen-bond acceptors (Lipinski definition) is 3. The molecule has 3 aromatic heterocycles. The van der Waals surface area contributed by atoms with Crippen molar-refractivity contribution < 1.29 is 0 Å². The van der Waals surface area contributed by atoms with Gasteiger partial charge in [-0.1, -0.05) is 38.1 Å². The maximum absolute atomic E-state index is 2.46. The smallest absolute Gasteiger partial charge is 0.0405 e. The minimum absolute atomic E-state index is 0.0434. The van der Waals surface area contributed by atoms with E-state index in [0.717, 1.165) is 0 Å². The van der Waals surface area contributed by atoms with Crippen LogP contribution in [0.3, 0.4) is 0 Å². The van der Waals surface area contributed by atoms with Gasteiger partial charge in [0.25, 0.3) is 0 Å². The number of thiophene rings is 3. The van der Waals surface area contributed by atoms with E-state index in [-0.39, 0.29) is 5.41 Å². The Kier molecular flexibility index (Phi) is 4.77. The third kappa shape index (κ3) is 3.03. The zero-order valence-corrected chi connectivity index (χ0v) is 23.9. The van der Waals surface area contributed by atoms with Gasteiger partial charge in [-0.3, -0.25) is 0 Å². The molecule has 178 valence electrons. The van der Waals surface area contributed by atoms with E-state index < -0.39 is 0 Å². The molecule has 3 aromatic carbocycles. The van der Waals surface area contributed by atoms with Gasteiger partial charge in [-0.2, -0.15) is 0 Å². The topological polar surface area (TPSA) is 0 Å². The van der Waals surface area contributed by atoms with E-state index in [4.69, 9.17) is 0 Å². The summed E-state index contributed by atoms with van der Waals surface area (Å²) in [6, 6.07) is 23.3. The van der Waals surface area contributed by atoms with Gasteiger partial charge in [0.05, 0.1) is 0 Å². The van der Waals surface area contributed by atoms with E-state index in [9.17, 15) is 0 Å². The largest absolute Gasteiger partial charge is 0.141 e. The van der Waals surface area contributed by atoms with Gasteiger partial charge in [-0.25, -0.2) is 0 Å². The summed E-state index contributed by atoms with van der Waals surface area (Å²) in [5.41, 5.74) is 11.3. The summed E-state index contributed by atoms with van der Waals surface area (Å²) in [5, 5.41) is 2.85. The van der Waals surface area contributed by atoms with Crippen molar-refractivity contribution in [2.24, 2.45) is 0 Å². The molecule has 7 rings (SSSR count). The Morgan fingerprint density at radius 2 is 1.28 bits per heavy atom. The number of aryl methyl sites for hydroxylation is 3. The van der Waals surface area contributed by atoms with Crippen LogP contribution in [0.2, 0.25) is 0 Å². The molecule has 3 heteroatoms. The third-order valence-electron chi connectivity index (χ3n) is 8.12. The number of fused-ring (bicyclic) bond motifs is 7. The predicted molar refractivity (Wildman–Crippen MR) is 162 cm³/mol. The van der Waals surface area contributed by atoms with Crippen molar-refractivity contribution >= 4 is 54.2 Å². The van der Waals surface area contributed by atoms with Crippen molar-refractivity contribution in [1.82, 2.24) is 0 Å². The quantitative estimate of drug-likeness (QED) is 0.213. The predicted octanol–water partition coefficient (Wildman–Crippen LogP) is 11.1. The van der Waals surface area contributed by atoms with Gasteiger partial charge in [0.2, 0.25) is 0 Å². The second-order valence-corrected chi connectivity index (χ2v) is 14.4. The van der Waals surface area contributed by atoms with E-state index in [2.05, 4.69) is 102 Å². The van der Waals surface area contributed by atoms with Gasteiger partial charge >= 0.3 is 0 Å². The lowest BCUT2D eigenvalue weighted by atomic mass is 9.80. The molecule has 0 saturated carbocycles. The van der Waals surface area contributed by atoms with Crippen LogP contribution < -0.4 is 0 Å². The first-order valence-corrected chi connectivity index (χ1v) is 15.0. The van der Waals surface area contributed by atoms with Crippen LogP contribution in [0.5, 0.6) is 0 Å². The standard InChI is InChI=1S/C33H28S3/c1-17-7-13-26(34-17)21-9-11-23-25(15-21)33(5,6)31-29(23)19(3)20(4)30-24-12-10-22(16-28(24)36-32(30)31)27-14-8-18(2)35-27/h7-16H,1-6H3. The number of rotatable bonds is 2. The highest BCUT2D eigenvalue weighted by molar-refractivity contribution is 7.26. The Hall–Kier alpha value is -2.72. The van der Waals surface area contributed by atoms with Crippen LogP contribution in [0.25, 0.3) is 52.2 Å². The van der Waals surface area contributed by atoms with Crippen molar-refractivity contribution in [3.8, 4) is 32.0 Å². The molecule has 3 heterocycles. The molecule has 0 nitrogen and oxygen atoms in total. The van der Waals surface area contributed by atoms with E-state index in [1.54, 1.807) is 0 Å². The number of hydrogen-bond donors (Lipinski definition) is 0. The summed E-state index contributed by atoms with van der Waals surface area (Å²) in [6.45, 7) is 13.9. The SMILES string of the molecule is Cc1ccc(-c2ccc3c(c2)C(C)(C)c2c-3c(C)c(C)c3c2sc2cc(-c4ccc(C)s4)ccc23)s1. The molecule has 0 unspecified atom stereocenters. The molecule has 0 atom stereocenters. The molecule has 0 radical (unpaired) electrons. The van der Waals surface area contributed by atoms with E-state index in [0.29, 0.717) is 0 Å². The highest BCUT2D eigenvalue weighted by atomic mass is 32.1. The van der Waals surface area contributed by atoms with Crippen molar-refractivity contribution in [3.63, 3.8) is 0 Å². The maximum Gasteiger partial charge on any atom is 0.0405 e. The lowest BCUT2D eigenvalue weighted by Gasteiger charge is -2.23. The lowest BCUT2D eigenvalue weighted by molar-refractivity contribution is 0.667. The fourth-order valence-electron chi connectivity index (χ4n) is 6.15. The molecule has 0 bridgehead atoms. The fourth-order valence-corrected chi connectivity index (χ4v) is 9.39. The molecule has 0 amide bonds. The first-order chi connectivity index (χ1) is 17.2. The molecule has 6 aromatic rings. The van der Waals surface area contributed by atoms with Crippen molar-refractivity contribution in [2.45, 2.75) is 47.0 Å². The fraction of sp³-hybridized carbons (Fsp3) is 0.212. The highest BCUT2D eigenvalue weighted by Gasteiger charge is 2.39. The Morgan fingerprint density at radius 1 is 0.639 bits per heavy atom. The Bertz CT molecular complexity index is 1850. The van der Waals surface area contributed by atoms with Crippen LogP contribution in [0.4, 0.5) is 0 Å². The van der Waals surface area contributed by atoms with Gasteiger partial charge in [-0.15, -0.1) is 34.0 Å². The van der Waals surface area contributed by atoms with Gasteiger partial charge in [-0.05, 0) is 109 Å². The van der Waals surface area contributed by atoms with Gasteiger partial charge in [0, 0.05) is 45.1 Å². The van der Waals surface area contributed by atoms with E-state index in [1.807, 2.05) is 34.0 Å². The second kappa shape index (κ2) is 7.64. The van der Waals surface area contributed by atoms with Crippen LogP contribution in [0, 0.1) is 27.7 Å². The maximum atomic E-state index is 2.46. The summed E-state index contributed by atoms with van der Waals surface area (Å²) in [4.78, 5) is 5.44. The van der Waals surface area contributed by atoms with E-state index >= 15 is 0 Å². The summed E-state index contributed by atoms with van der Waals surface area (Å²) >= 11 is 5.75. The monoisotopic (exact) mass is 520 g/mol. The van der Waals surface area contributed by atoms with Crippen molar-refractivity contribution in [2.75, 3.05) is 0 Å². The van der Waals surface area contributed by atoms with Crippen LogP contribution >= 0.6 is 34.0 Å². The Labute approximate surface area is 224 Å². The molecule has 0 N–H and O–H groups in total. The second-order valence-electron chi connectivity index (χ2n) is 10.7. The van der Waals surface area contributed by atoms with Crippen LogP contribution in [-0.4, -0.2) is 0 Å². The van der Waals surface area contributed by atoms with E-state index in [1.165, 1.54) is 84.2 Å². The van der Waals surface area contributed by atoms with Gasteiger partial charge < -0.3 is 0 Å².